The summed E-state index contributed by atoms with van der Waals surface area (Å²) in [7, 11) is 1.54. The molecule has 3 amide bonds. The molecule has 0 saturated carbocycles. The standard InChI is InChI=1S/C22H23N3O6/c1-14-4-3-5-15(10-14)21(28)24-25-12-16(11-20(25)27)22(29)31-13-19(26)23-17-6-8-18(30-2)9-7-17/h3-10,16H,11-13H2,1-2H3,(H,23,26)(H,24,28)/t16-/m0/s1. The molecule has 162 valence electrons. The van der Waals surface area contributed by atoms with Gasteiger partial charge in [0.25, 0.3) is 11.8 Å². The van der Waals surface area contributed by atoms with Crippen LogP contribution in [0.5, 0.6) is 5.75 Å². The second kappa shape index (κ2) is 9.75. The van der Waals surface area contributed by atoms with Crippen LogP contribution in [-0.2, 0) is 19.1 Å². The predicted molar refractivity (Wildman–Crippen MR) is 111 cm³/mol. The van der Waals surface area contributed by atoms with Gasteiger partial charge in [0, 0.05) is 17.7 Å². The van der Waals surface area contributed by atoms with Crippen molar-refractivity contribution in [3.8, 4) is 5.75 Å². The van der Waals surface area contributed by atoms with Gasteiger partial charge in [-0.1, -0.05) is 17.7 Å². The average Bonchev–Trinajstić information content (AvgIpc) is 3.13. The maximum atomic E-state index is 12.3. The summed E-state index contributed by atoms with van der Waals surface area (Å²) < 4.78 is 10.1. The second-order valence-electron chi connectivity index (χ2n) is 7.10. The van der Waals surface area contributed by atoms with E-state index in [1.54, 1.807) is 42.5 Å². The van der Waals surface area contributed by atoms with Crippen molar-refractivity contribution < 1.29 is 28.7 Å². The first-order chi connectivity index (χ1) is 14.9. The molecule has 0 radical (unpaired) electrons. The van der Waals surface area contributed by atoms with Gasteiger partial charge >= 0.3 is 5.97 Å². The van der Waals surface area contributed by atoms with E-state index in [1.165, 1.54) is 7.11 Å². The summed E-state index contributed by atoms with van der Waals surface area (Å²) in [6.07, 6.45) is -0.104. The third-order valence-corrected chi connectivity index (χ3v) is 4.69. The lowest BCUT2D eigenvalue weighted by Crippen LogP contribution is -2.43. The Morgan fingerprint density at radius 3 is 2.55 bits per heavy atom. The summed E-state index contributed by atoms with van der Waals surface area (Å²) in [5.41, 5.74) is 4.36. The number of benzene rings is 2. The number of hydrazine groups is 1. The van der Waals surface area contributed by atoms with Crippen LogP contribution in [0.3, 0.4) is 0 Å². The fourth-order valence-electron chi connectivity index (χ4n) is 3.07. The van der Waals surface area contributed by atoms with Crippen LogP contribution in [0.2, 0.25) is 0 Å². The second-order valence-corrected chi connectivity index (χ2v) is 7.10. The number of carbonyl (C=O) groups is 4. The van der Waals surface area contributed by atoms with E-state index in [4.69, 9.17) is 9.47 Å². The maximum absolute atomic E-state index is 12.3. The Balaban J connectivity index is 1.47. The zero-order chi connectivity index (χ0) is 22.4. The first kappa shape index (κ1) is 21.8. The summed E-state index contributed by atoms with van der Waals surface area (Å²) >= 11 is 0. The fraction of sp³-hybridized carbons (Fsp3) is 0.273. The van der Waals surface area contributed by atoms with E-state index in [0.717, 1.165) is 10.6 Å². The van der Waals surface area contributed by atoms with Crippen molar-refractivity contribution in [1.82, 2.24) is 10.4 Å². The molecule has 0 aliphatic carbocycles. The largest absolute Gasteiger partial charge is 0.497 e. The van der Waals surface area contributed by atoms with E-state index in [2.05, 4.69) is 10.7 Å². The molecule has 9 heteroatoms. The van der Waals surface area contributed by atoms with Crippen molar-refractivity contribution in [2.75, 3.05) is 25.6 Å². The number of nitrogens with one attached hydrogen (secondary N) is 2. The van der Waals surface area contributed by atoms with Crippen LogP contribution >= 0.6 is 0 Å². The van der Waals surface area contributed by atoms with Crippen molar-refractivity contribution in [3.05, 3.63) is 59.7 Å². The highest BCUT2D eigenvalue weighted by Gasteiger charge is 2.36. The summed E-state index contributed by atoms with van der Waals surface area (Å²) in [5.74, 6) is -2.14. The lowest BCUT2D eigenvalue weighted by Gasteiger charge is -2.17. The first-order valence-electron chi connectivity index (χ1n) is 9.64. The highest BCUT2D eigenvalue weighted by molar-refractivity contribution is 5.97. The van der Waals surface area contributed by atoms with Gasteiger partial charge in [-0.2, -0.15) is 0 Å². The number of ether oxygens (including phenoxy) is 2. The molecule has 2 aromatic carbocycles. The summed E-state index contributed by atoms with van der Waals surface area (Å²) in [5, 5.41) is 3.70. The molecule has 0 unspecified atom stereocenters. The monoisotopic (exact) mass is 425 g/mol. The number of rotatable bonds is 7. The van der Waals surface area contributed by atoms with E-state index in [9.17, 15) is 19.2 Å². The zero-order valence-electron chi connectivity index (χ0n) is 17.2. The van der Waals surface area contributed by atoms with Gasteiger partial charge in [0.05, 0.1) is 19.6 Å². The molecule has 9 nitrogen and oxygen atoms in total. The number of aryl methyl sites for hydroxylation is 1. The molecule has 31 heavy (non-hydrogen) atoms. The Hall–Kier alpha value is -3.88. The van der Waals surface area contributed by atoms with Crippen molar-refractivity contribution in [2.24, 2.45) is 5.92 Å². The molecule has 1 saturated heterocycles. The summed E-state index contributed by atoms with van der Waals surface area (Å²) in [6, 6.07) is 13.6. The number of anilines is 1. The van der Waals surface area contributed by atoms with Crippen LogP contribution in [-0.4, -0.2) is 49.0 Å². The van der Waals surface area contributed by atoms with E-state index < -0.39 is 36.2 Å². The lowest BCUT2D eigenvalue weighted by molar-refractivity contribution is -0.151. The van der Waals surface area contributed by atoms with Gasteiger partial charge in [0.15, 0.2) is 6.61 Å². The Bertz CT molecular complexity index is 989. The van der Waals surface area contributed by atoms with E-state index >= 15 is 0 Å². The predicted octanol–water partition coefficient (Wildman–Crippen LogP) is 1.68. The molecule has 1 atom stereocenters. The smallest absolute Gasteiger partial charge is 0.311 e. The van der Waals surface area contributed by atoms with Crippen LogP contribution in [0, 0.1) is 12.8 Å². The fourth-order valence-corrected chi connectivity index (χ4v) is 3.07. The first-order valence-corrected chi connectivity index (χ1v) is 9.64. The molecule has 3 rings (SSSR count). The Morgan fingerprint density at radius 2 is 1.87 bits per heavy atom. The minimum absolute atomic E-state index is 0.0185. The molecule has 1 aliphatic rings. The number of methoxy groups -OCH3 is 1. The Morgan fingerprint density at radius 1 is 1.13 bits per heavy atom. The van der Waals surface area contributed by atoms with Crippen molar-refractivity contribution in [3.63, 3.8) is 0 Å². The van der Waals surface area contributed by atoms with Crippen LogP contribution in [0.1, 0.15) is 22.3 Å². The van der Waals surface area contributed by atoms with Gasteiger partial charge in [0.2, 0.25) is 5.91 Å². The summed E-state index contributed by atoms with van der Waals surface area (Å²) in [4.78, 5) is 48.7. The molecule has 2 aromatic rings. The molecule has 0 aromatic heterocycles. The SMILES string of the molecule is COc1ccc(NC(=O)COC(=O)[C@H]2CC(=O)N(NC(=O)c3cccc(C)c3)C2)cc1. The van der Waals surface area contributed by atoms with Gasteiger partial charge in [-0.25, -0.2) is 0 Å². The van der Waals surface area contributed by atoms with E-state index in [0.29, 0.717) is 17.0 Å². The van der Waals surface area contributed by atoms with Gasteiger partial charge in [-0.05, 0) is 43.3 Å². The quantitative estimate of drug-likeness (QED) is 0.653. The third-order valence-electron chi connectivity index (χ3n) is 4.69. The molecule has 2 N–H and O–H groups in total. The minimum Gasteiger partial charge on any atom is -0.497 e. The minimum atomic E-state index is -0.765. The van der Waals surface area contributed by atoms with Gasteiger partial charge < -0.3 is 14.8 Å². The molecule has 0 bridgehead atoms. The van der Waals surface area contributed by atoms with Crippen LogP contribution in [0.25, 0.3) is 0 Å². The third kappa shape index (κ3) is 5.81. The van der Waals surface area contributed by atoms with Crippen molar-refractivity contribution in [1.29, 1.82) is 0 Å². The van der Waals surface area contributed by atoms with Crippen LogP contribution < -0.4 is 15.5 Å². The normalized spacial score (nSPS) is 15.4. The van der Waals surface area contributed by atoms with Crippen molar-refractivity contribution in [2.45, 2.75) is 13.3 Å². The molecule has 1 fully saturated rings. The molecule has 1 heterocycles. The molecular formula is C22H23N3O6. The van der Waals surface area contributed by atoms with Crippen LogP contribution in [0.15, 0.2) is 48.5 Å². The zero-order valence-corrected chi connectivity index (χ0v) is 17.2. The number of hydrogen-bond donors (Lipinski definition) is 2. The molecule has 1 aliphatic heterocycles. The highest BCUT2D eigenvalue weighted by Crippen LogP contribution is 2.18. The maximum Gasteiger partial charge on any atom is 0.311 e. The summed E-state index contributed by atoms with van der Waals surface area (Å²) in [6.45, 7) is 1.36. The molecule has 0 spiro atoms. The Labute approximate surface area is 179 Å². The lowest BCUT2D eigenvalue weighted by atomic mass is 10.1. The average molecular weight is 425 g/mol. The topological polar surface area (TPSA) is 114 Å². The molecular weight excluding hydrogens is 402 g/mol. The van der Waals surface area contributed by atoms with Gasteiger partial charge in [0.1, 0.15) is 5.75 Å². The highest BCUT2D eigenvalue weighted by atomic mass is 16.5. The van der Waals surface area contributed by atoms with Crippen molar-refractivity contribution >= 4 is 29.4 Å². The number of amides is 3. The number of nitrogens with zero attached hydrogens (tertiary/aromatic N) is 1. The Kier molecular flexibility index (Phi) is 6.86. The van der Waals surface area contributed by atoms with Gasteiger partial charge in [-0.15, -0.1) is 0 Å². The van der Waals surface area contributed by atoms with Gasteiger partial charge in [-0.3, -0.25) is 29.6 Å². The number of hydrogen-bond acceptors (Lipinski definition) is 6. The van der Waals surface area contributed by atoms with E-state index in [1.807, 2.05) is 13.0 Å². The number of carbonyl (C=O) groups excluding carboxylic acids is 4. The number of esters is 1. The van der Waals surface area contributed by atoms with E-state index in [-0.39, 0.29) is 13.0 Å². The van der Waals surface area contributed by atoms with Crippen LogP contribution in [0.4, 0.5) is 5.69 Å².